The topological polar surface area (TPSA) is 55.4 Å². The number of hydrogen-bond acceptors (Lipinski definition) is 5. The quantitative estimate of drug-likeness (QED) is 0.615. The maximum Gasteiger partial charge on any atom is 0.316 e. The van der Waals surface area contributed by atoms with Crippen LogP contribution in [0, 0.1) is 13.8 Å². The highest BCUT2D eigenvalue weighted by molar-refractivity contribution is 8.00. The highest BCUT2D eigenvalue weighted by atomic mass is 32.2. The second kappa shape index (κ2) is 8.74. The molecule has 0 atom stereocenters. The van der Waals surface area contributed by atoms with Crippen LogP contribution in [-0.2, 0) is 20.9 Å². The standard InChI is InChI=1S/C17H19NO3S2/c1-12-5-6-15(13(2)8-12)23-11-17(20)21-10-16(19)18-9-14-4-3-7-22-14/h3-8H,9-11H2,1-2H3,(H,18,19). The minimum absolute atomic E-state index is 0.197. The van der Waals surface area contributed by atoms with Crippen LogP contribution in [0.3, 0.4) is 0 Å². The Labute approximate surface area is 144 Å². The van der Waals surface area contributed by atoms with Crippen molar-refractivity contribution in [3.8, 4) is 0 Å². The summed E-state index contributed by atoms with van der Waals surface area (Å²) in [5.41, 5.74) is 2.33. The summed E-state index contributed by atoms with van der Waals surface area (Å²) in [6.45, 7) is 4.27. The highest BCUT2D eigenvalue weighted by Crippen LogP contribution is 2.23. The molecule has 0 unspecified atom stereocenters. The van der Waals surface area contributed by atoms with Gasteiger partial charge in [-0.2, -0.15) is 0 Å². The van der Waals surface area contributed by atoms with Crippen LogP contribution in [0.5, 0.6) is 0 Å². The second-order valence-corrected chi connectivity index (χ2v) is 7.12. The number of aryl methyl sites for hydroxylation is 2. The molecule has 1 aromatic carbocycles. The van der Waals surface area contributed by atoms with E-state index in [1.165, 1.54) is 17.3 Å². The number of carbonyl (C=O) groups excluding carboxylic acids is 2. The zero-order valence-electron chi connectivity index (χ0n) is 13.1. The summed E-state index contributed by atoms with van der Waals surface area (Å²) < 4.78 is 4.99. The Kier molecular flexibility index (Phi) is 6.67. The first-order valence-electron chi connectivity index (χ1n) is 7.19. The average Bonchev–Trinajstić information content (AvgIpc) is 3.03. The van der Waals surface area contributed by atoms with Gasteiger partial charge in [0.1, 0.15) is 0 Å². The SMILES string of the molecule is Cc1ccc(SCC(=O)OCC(=O)NCc2cccs2)c(C)c1. The lowest BCUT2D eigenvalue weighted by Crippen LogP contribution is -2.28. The van der Waals surface area contributed by atoms with Gasteiger partial charge in [-0.05, 0) is 36.9 Å². The first kappa shape index (κ1) is 17.6. The molecule has 0 spiro atoms. The summed E-state index contributed by atoms with van der Waals surface area (Å²) in [7, 11) is 0. The van der Waals surface area contributed by atoms with Crippen molar-refractivity contribution in [3.05, 3.63) is 51.7 Å². The van der Waals surface area contributed by atoms with Gasteiger partial charge >= 0.3 is 5.97 Å². The molecule has 1 amide bonds. The Bertz CT molecular complexity index is 668. The molecule has 1 heterocycles. The molecular weight excluding hydrogens is 330 g/mol. The molecule has 1 aromatic heterocycles. The molecule has 0 saturated heterocycles. The van der Waals surface area contributed by atoms with E-state index < -0.39 is 0 Å². The van der Waals surface area contributed by atoms with Crippen molar-refractivity contribution in [2.75, 3.05) is 12.4 Å². The lowest BCUT2D eigenvalue weighted by Gasteiger charge is -2.07. The van der Waals surface area contributed by atoms with Crippen LogP contribution < -0.4 is 5.32 Å². The van der Waals surface area contributed by atoms with E-state index in [0.29, 0.717) is 6.54 Å². The molecule has 0 fully saturated rings. The lowest BCUT2D eigenvalue weighted by molar-refractivity contribution is -0.145. The van der Waals surface area contributed by atoms with E-state index in [1.54, 1.807) is 11.3 Å². The van der Waals surface area contributed by atoms with Crippen molar-refractivity contribution in [1.82, 2.24) is 5.32 Å². The molecule has 2 rings (SSSR count). The monoisotopic (exact) mass is 349 g/mol. The number of thioether (sulfide) groups is 1. The summed E-state index contributed by atoms with van der Waals surface area (Å²) in [5, 5.41) is 4.67. The molecule has 0 radical (unpaired) electrons. The van der Waals surface area contributed by atoms with Gasteiger partial charge in [-0.3, -0.25) is 9.59 Å². The Morgan fingerprint density at radius 1 is 1.26 bits per heavy atom. The predicted molar refractivity (Wildman–Crippen MR) is 93.8 cm³/mol. The second-order valence-electron chi connectivity index (χ2n) is 5.07. The van der Waals surface area contributed by atoms with E-state index in [-0.39, 0.29) is 24.2 Å². The van der Waals surface area contributed by atoms with Crippen LogP contribution in [0.1, 0.15) is 16.0 Å². The van der Waals surface area contributed by atoms with Gasteiger partial charge in [-0.1, -0.05) is 23.8 Å². The fourth-order valence-corrected chi connectivity index (χ4v) is 3.39. The van der Waals surface area contributed by atoms with Crippen LogP contribution >= 0.6 is 23.1 Å². The third kappa shape index (κ3) is 6.08. The van der Waals surface area contributed by atoms with E-state index in [9.17, 15) is 9.59 Å². The largest absolute Gasteiger partial charge is 0.455 e. The number of benzene rings is 1. The van der Waals surface area contributed by atoms with Gasteiger partial charge in [0.05, 0.1) is 12.3 Å². The molecule has 2 aromatic rings. The predicted octanol–water partition coefficient (Wildman–Crippen LogP) is 3.32. The first-order chi connectivity index (χ1) is 11.0. The molecule has 1 N–H and O–H groups in total. The molecular formula is C17H19NO3S2. The van der Waals surface area contributed by atoms with Crippen molar-refractivity contribution in [1.29, 1.82) is 0 Å². The third-order valence-electron chi connectivity index (χ3n) is 3.08. The Hall–Kier alpha value is -1.79. The van der Waals surface area contributed by atoms with Gasteiger partial charge in [0.25, 0.3) is 5.91 Å². The maximum atomic E-state index is 11.7. The summed E-state index contributed by atoms with van der Waals surface area (Å²) in [6, 6.07) is 9.95. The van der Waals surface area contributed by atoms with Gasteiger partial charge in [-0.15, -0.1) is 23.1 Å². The van der Waals surface area contributed by atoms with Crippen LogP contribution in [0.2, 0.25) is 0 Å². The molecule has 6 heteroatoms. The molecule has 23 heavy (non-hydrogen) atoms. The maximum absolute atomic E-state index is 11.7. The van der Waals surface area contributed by atoms with Crippen molar-refractivity contribution >= 4 is 35.0 Å². The van der Waals surface area contributed by atoms with E-state index in [4.69, 9.17) is 4.74 Å². The van der Waals surface area contributed by atoms with Crippen LogP contribution in [0.25, 0.3) is 0 Å². The van der Waals surface area contributed by atoms with E-state index in [0.717, 1.165) is 15.3 Å². The Morgan fingerprint density at radius 3 is 2.78 bits per heavy atom. The smallest absolute Gasteiger partial charge is 0.316 e. The summed E-state index contributed by atoms with van der Waals surface area (Å²) in [5.74, 6) is -0.480. The summed E-state index contributed by atoms with van der Waals surface area (Å²) in [4.78, 5) is 25.4. The minimum Gasteiger partial charge on any atom is -0.455 e. The van der Waals surface area contributed by atoms with Crippen molar-refractivity contribution in [2.24, 2.45) is 0 Å². The fraction of sp³-hybridized carbons (Fsp3) is 0.294. The van der Waals surface area contributed by atoms with Crippen molar-refractivity contribution in [3.63, 3.8) is 0 Å². The summed E-state index contributed by atoms with van der Waals surface area (Å²) >= 11 is 2.99. The zero-order chi connectivity index (χ0) is 16.7. The third-order valence-corrected chi connectivity index (χ3v) is 5.11. The van der Waals surface area contributed by atoms with Gasteiger partial charge < -0.3 is 10.1 Å². The number of thiophene rings is 1. The van der Waals surface area contributed by atoms with Crippen LogP contribution in [0.4, 0.5) is 0 Å². The molecule has 4 nitrogen and oxygen atoms in total. The Morgan fingerprint density at radius 2 is 2.09 bits per heavy atom. The Balaban J connectivity index is 1.67. The summed E-state index contributed by atoms with van der Waals surface area (Å²) in [6.07, 6.45) is 0. The molecule has 122 valence electrons. The van der Waals surface area contributed by atoms with Crippen LogP contribution in [0.15, 0.2) is 40.6 Å². The van der Waals surface area contributed by atoms with Crippen LogP contribution in [-0.4, -0.2) is 24.2 Å². The number of amides is 1. The number of esters is 1. The molecule has 0 aliphatic heterocycles. The number of carbonyl (C=O) groups is 2. The normalized spacial score (nSPS) is 10.3. The van der Waals surface area contributed by atoms with Gasteiger partial charge in [-0.25, -0.2) is 0 Å². The average molecular weight is 349 g/mol. The van der Waals surface area contributed by atoms with E-state index in [1.807, 2.05) is 43.5 Å². The number of nitrogens with one attached hydrogen (secondary N) is 1. The van der Waals surface area contributed by atoms with E-state index in [2.05, 4.69) is 11.4 Å². The number of ether oxygens (including phenoxy) is 1. The molecule has 0 aliphatic rings. The van der Waals surface area contributed by atoms with Gasteiger partial charge in [0.15, 0.2) is 6.61 Å². The molecule has 0 saturated carbocycles. The lowest BCUT2D eigenvalue weighted by atomic mass is 10.2. The van der Waals surface area contributed by atoms with E-state index >= 15 is 0 Å². The molecule has 0 aliphatic carbocycles. The van der Waals surface area contributed by atoms with Gasteiger partial charge in [0.2, 0.25) is 0 Å². The van der Waals surface area contributed by atoms with Crippen molar-refractivity contribution < 1.29 is 14.3 Å². The minimum atomic E-state index is -0.388. The first-order valence-corrected chi connectivity index (χ1v) is 9.06. The fourth-order valence-electron chi connectivity index (χ4n) is 1.94. The van der Waals surface area contributed by atoms with Gasteiger partial charge in [0, 0.05) is 9.77 Å². The zero-order valence-corrected chi connectivity index (χ0v) is 14.8. The van der Waals surface area contributed by atoms with Crippen molar-refractivity contribution in [2.45, 2.75) is 25.3 Å². The molecule has 0 bridgehead atoms. The highest BCUT2D eigenvalue weighted by Gasteiger charge is 2.09. The number of hydrogen-bond donors (Lipinski definition) is 1. The number of rotatable bonds is 7.